The van der Waals surface area contributed by atoms with E-state index >= 15 is 0 Å². The van der Waals surface area contributed by atoms with Crippen LogP contribution in [0.5, 0.6) is 0 Å². The number of hydrogen-bond acceptors (Lipinski definition) is 1. The van der Waals surface area contributed by atoms with Crippen molar-refractivity contribution in [3.63, 3.8) is 0 Å². The Morgan fingerprint density at radius 2 is 0.905 bits per heavy atom. The molecule has 124 valence electrons. The summed E-state index contributed by atoms with van der Waals surface area (Å²) >= 11 is 0. The Hall–Kier alpha value is 0.184. The van der Waals surface area contributed by atoms with Crippen molar-refractivity contribution in [1.82, 2.24) is 0 Å². The van der Waals surface area contributed by atoms with Gasteiger partial charge < -0.3 is 5.73 Å². The Morgan fingerprint density at radius 3 is 1.19 bits per heavy atom. The minimum absolute atomic E-state index is 0. The smallest absolute Gasteiger partial charge is 0.217 e. The Morgan fingerprint density at radius 1 is 0.619 bits per heavy atom. The third-order valence-electron chi connectivity index (χ3n) is 4.03. The van der Waals surface area contributed by atoms with Gasteiger partial charge in [0.2, 0.25) is 5.91 Å². The second kappa shape index (κ2) is 20.2. The number of rotatable bonds is 16. The molecule has 0 aromatic carbocycles. The zero-order valence-electron chi connectivity index (χ0n) is 14.3. The molecule has 0 aromatic heterocycles. The molecule has 0 spiro atoms. The summed E-state index contributed by atoms with van der Waals surface area (Å²) in [6.07, 6.45) is 20.9. The fourth-order valence-electron chi connectivity index (χ4n) is 2.67. The van der Waals surface area contributed by atoms with Crippen molar-refractivity contribution in [2.45, 2.75) is 110 Å². The van der Waals surface area contributed by atoms with Crippen LogP contribution in [0.2, 0.25) is 0 Å². The molecule has 3 heteroatoms. The van der Waals surface area contributed by atoms with Gasteiger partial charge in [-0.25, -0.2) is 0 Å². The van der Waals surface area contributed by atoms with Crippen molar-refractivity contribution in [1.29, 1.82) is 0 Å². The van der Waals surface area contributed by atoms with Crippen molar-refractivity contribution >= 4 is 5.91 Å². The van der Waals surface area contributed by atoms with Gasteiger partial charge in [-0.1, -0.05) is 96.8 Å². The molecule has 1 amide bonds. The predicted molar refractivity (Wildman–Crippen MR) is 88.7 cm³/mol. The normalized spacial score (nSPS) is 10.3. The Kier molecular flexibility index (Phi) is 22.5. The third kappa shape index (κ3) is 22.6. The van der Waals surface area contributed by atoms with Gasteiger partial charge in [-0.3, -0.25) is 4.79 Å². The molecule has 0 aromatic rings. The first-order valence-corrected chi connectivity index (χ1v) is 9.05. The molecule has 0 bridgehead atoms. The van der Waals surface area contributed by atoms with E-state index in [4.69, 9.17) is 5.73 Å². The van der Waals surface area contributed by atoms with E-state index in [0.717, 1.165) is 6.42 Å². The van der Waals surface area contributed by atoms with Crippen LogP contribution in [-0.2, 0) is 26.5 Å². The van der Waals surface area contributed by atoms with Crippen molar-refractivity contribution in [3.8, 4) is 0 Å². The standard InChI is InChI=1S/C18H37NO.Ti/c1-2-3-4-5-6-7-8-9-10-11-12-13-14-15-16-17-18(19)20;/h2-17H2,1H3,(H2,19,20);. The topological polar surface area (TPSA) is 43.1 Å². The number of nitrogens with two attached hydrogens (primary N) is 1. The average Bonchev–Trinajstić information content (AvgIpc) is 2.43. The summed E-state index contributed by atoms with van der Waals surface area (Å²) in [5, 5.41) is 0. The van der Waals surface area contributed by atoms with Gasteiger partial charge >= 0.3 is 0 Å². The monoisotopic (exact) mass is 331 g/mol. The van der Waals surface area contributed by atoms with Crippen LogP contribution in [0.1, 0.15) is 110 Å². The molecule has 0 fully saturated rings. The number of amides is 1. The molecule has 0 aliphatic carbocycles. The van der Waals surface area contributed by atoms with Crippen LogP contribution in [0.4, 0.5) is 0 Å². The molecule has 0 aliphatic rings. The molecular weight excluding hydrogens is 294 g/mol. The van der Waals surface area contributed by atoms with E-state index in [2.05, 4.69) is 6.92 Å². The molecule has 0 heterocycles. The van der Waals surface area contributed by atoms with E-state index in [1.54, 1.807) is 0 Å². The number of carbonyl (C=O) groups excluding carboxylic acids is 1. The van der Waals surface area contributed by atoms with E-state index in [-0.39, 0.29) is 27.6 Å². The third-order valence-corrected chi connectivity index (χ3v) is 4.03. The second-order valence-corrected chi connectivity index (χ2v) is 6.17. The summed E-state index contributed by atoms with van der Waals surface area (Å²) in [6.45, 7) is 2.28. The van der Waals surface area contributed by atoms with Gasteiger partial charge in [-0.15, -0.1) is 0 Å². The quantitative estimate of drug-likeness (QED) is 0.285. The molecule has 2 N–H and O–H groups in total. The van der Waals surface area contributed by atoms with E-state index in [1.165, 1.54) is 89.9 Å². The Balaban J connectivity index is 0. The first-order valence-electron chi connectivity index (χ1n) is 9.05. The molecular formula is C18H37NOTi. The van der Waals surface area contributed by atoms with Crippen LogP contribution in [0.3, 0.4) is 0 Å². The summed E-state index contributed by atoms with van der Waals surface area (Å²) in [6, 6.07) is 0. The van der Waals surface area contributed by atoms with Gasteiger partial charge in [0.05, 0.1) is 0 Å². The summed E-state index contributed by atoms with van der Waals surface area (Å²) in [7, 11) is 0. The van der Waals surface area contributed by atoms with Crippen molar-refractivity contribution < 1.29 is 26.5 Å². The molecule has 0 rings (SSSR count). The maximum atomic E-state index is 10.6. The van der Waals surface area contributed by atoms with E-state index < -0.39 is 0 Å². The van der Waals surface area contributed by atoms with Crippen LogP contribution in [0.15, 0.2) is 0 Å². The van der Waals surface area contributed by atoms with Crippen LogP contribution in [-0.4, -0.2) is 5.91 Å². The summed E-state index contributed by atoms with van der Waals surface area (Å²) < 4.78 is 0. The first-order chi connectivity index (χ1) is 9.77. The zero-order valence-corrected chi connectivity index (χ0v) is 15.9. The number of unbranched alkanes of at least 4 members (excludes halogenated alkanes) is 14. The number of primary amides is 1. The fraction of sp³-hybridized carbons (Fsp3) is 0.944. The molecule has 21 heavy (non-hydrogen) atoms. The molecule has 0 unspecified atom stereocenters. The van der Waals surface area contributed by atoms with E-state index in [0.29, 0.717) is 6.42 Å². The Bertz CT molecular complexity index is 209. The minimum atomic E-state index is -0.153. The van der Waals surface area contributed by atoms with Gasteiger partial charge in [0.1, 0.15) is 0 Å². The van der Waals surface area contributed by atoms with Gasteiger partial charge in [0.15, 0.2) is 0 Å². The molecule has 0 radical (unpaired) electrons. The van der Waals surface area contributed by atoms with Gasteiger partial charge in [0, 0.05) is 28.1 Å². The van der Waals surface area contributed by atoms with Gasteiger partial charge in [-0.05, 0) is 6.42 Å². The minimum Gasteiger partial charge on any atom is -0.370 e. The van der Waals surface area contributed by atoms with Crippen LogP contribution < -0.4 is 5.73 Å². The van der Waals surface area contributed by atoms with Crippen molar-refractivity contribution in [2.24, 2.45) is 5.73 Å². The van der Waals surface area contributed by atoms with Crippen LogP contribution in [0.25, 0.3) is 0 Å². The molecule has 0 saturated heterocycles. The maximum Gasteiger partial charge on any atom is 0.217 e. The van der Waals surface area contributed by atoms with E-state index in [1.807, 2.05) is 0 Å². The zero-order chi connectivity index (χ0) is 14.9. The molecule has 0 saturated carbocycles. The molecule has 0 aliphatic heterocycles. The first kappa shape index (κ1) is 23.5. The largest absolute Gasteiger partial charge is 0.370 e. The number of carbonyl (C=O) groups is 1. The predicted octanol–water partition coefficient (Wildman–Crippen LogP) is 5.73. The molecule has 2 nitrogen and oxygen atoms in total. The Labute approximate surface area is 147 Å². The summed E-state index contributed by atoms with van der Waals surface area (Å²) in [5.74, 6) is -0.153. The van der Waals surface area contributed by atoms with Gasteiger partial charge in [0.25, 0.3) is 0 Å². The number of hydrogen-bond donors (Lipinski definition) is 1. The van der Waals surface area contributed by atoms with Crippen molar-refractivity contribution in [2.75, 3.05) is 0 Å². The summed E-state index contributed by atoms with van der Waals surface area (Å²) in [5.41, 5.74) is 5.11. The second-order valence-electron chi connectivity index (χ2n) is 6.17. The van der Waals surface area contributed by atoms with Crippen LogP contribution >= 0.6 is 0 Å². The fourth-order valence-corrected chi connectivity index (χ4v) is 2.67. The van der Waals surface area contributed by atoms with Crippen molar-refractivity contribution in [3.05, 3.63) is 0 Å². The molecule has 0 atom stereocenters. The van der Waals surface area contributed by atoms with Crippen LogP contribution in [0, 0.1) is 0 Å². The van der Waals surface area contributed by atoms with E-state index in [9.17, 15) is 4.79 Å². The summed E-state index contributed by atoms with van der Waals surface area (Å²) in [4.78, 5) is 10.6. The SMILES string of the molecule is CCCCCCCCCCCCCCCCCC(N)=O.[Ti]. The maximum absolute atomic E-state index is 10.6. The van der Waals surface area contributed by atoms with Gasteiger partial charge in [-0.2, -0.15) is 0 Å². The average molecular weight is 331 g/mol.